The molecule has 2 aromatic carbocycles. The molecule has 13 heteroatoms. The van der Waals surface area contributed by atoms with E-state index in [9.17, 15) is 18.0 Å². The van der Waals surface area contributed by atoms with E-state index >= 15 is 0 Å². The predicted octanol–water partition coefficient (Wildman–Crippen LogP) is 2.62. The first kappa shape index (κ1) is 24.3. The van der Waals surface area contributed by atoms with Gasteiger partial charge in [-0.25, -0.2) is 22.2 Å². The van der Waals surface area contributed by atoms with Crippen molar-refractivity contribution >= 4 is 37.6 Å². The van der Waals surface area contributed by atoms with Crippen molar-refractivity contribution < 1.29 is 22.6 Å². The molecule has 10 nitrogen and oxygen atoms in total. The molecule has 0 unspecified atom stereocenters. The third-order valence-electron chi connectivity index (χ3n) is 4.45. The van der Waals surface area contributed by atoms with Crippen LogP contribution in [0.3, 0.4) is 0 Å². The first-order chi connectivity index (χ1) is 15.8. The van der Waals surface area contributed by atoms with Crippen molar-refractivity contribution in [1.82, 2.24) is 15.0 Å². The van der Waals surface area contributed by atoms with Crippen LogP contribution in [0.5, 0.6) is 0 Å². The predicted molar refractivity (Wildman–Crippen MR) is 122 cm³/mol. The summed E-state index contributed by atoms with van der Waals surface area (Å²) in [4.78, 5) is 4.09. The molecule has 0 atom stereocenters. The fourth-order valence-corrected chi connectivity index (χ4v) is 4.27. The Morgan fingerprint density at radius 2 is 1.97 bits per heavy atom. The van der Waals surface area contributed by atoms with Gasteiger partial charge in [0.25, 0.3) is 10.0 Å². The topological polar surface area (TPSA) is 156 Å². The van der Waals surface area contributed by atoms with Crippen LogP contribution in [0.2, 0.25) is 0 Å². The van der Waals surface area contributed by atoms with Crippen LogP contribution in [0.15, 0.2) is 72.7 Å². The molecule has 1 aromatic heterocycles. The van der Waals surface area contributed by atoms with E-state index in [1.165, 1.54) is 18.2 Å². The molecule has 0 aliphatic heterocycles. The molecule has 0 aliphatic carbocycles. The Bertz CT molecular complexity index is 1260. The summed E-state index contributed by atoms with van der Waals surface area (Å²) < 4.78 is 45.2. The van der Waals surface area contributed by atoms with Crippen molar-refractivity contribution in [3.05, 3.63) is 75.8 Å². The van der Waals surface area contributed by atoms with Gasteiger partial charge in [0.15, 0.2) is 5.69 Å². The summed E-state index contributed by atoms with van der Waals surface area (Å²) in [5, 5.41) is 20.4. The average molecular weight is 539 g/mol. The van der Waals surface area contributed by atoms with E-state index in [1.807, 2.05) is 0 Å². The summed E-state index contributed by atoms with van der Waals surface area (Å²) >= 11 is 3.12. The SMILES string of the molecule is NC(=NCCCc1nonc1/C(Cc1ccc(F)c(Br)c1)=N/O)NS(=O)(=O)c1ccccc1. The molecule has 174 valence electrons. The van der Waals surface area contributed by atoms with Crippen LogP contribution in [0.25, 0.3) is 0 Å². The zero-order valence-corrected chi connectivity index (χ0v) is 19.6. The molecule has 3 rings (SSSR count). The molecule has 0 amide bonds. The Hall–Kier alpha value is -3.32. The van der Waals surface area contributed by atoms with Crippen LogP contribution in [0.4, 0.5) is 4.39 Å². The van der Waals surface area contributed by atoms with Gasteiger partial charge in [-0.3, -0.25) is 4.99 Å². The number of nitrogens with zero attached hydrogens (tertiary/aromatic N) is 4. The molecular formula is C20H20BrFN6O4S. The number of aromatic nitrogens is 2. The van der Waals surface area contributed by atoms with Crippen molar-refractivity contribution in [1.29, 1.82) is 0 Å². The molecule has 0 spiro atoms. The minimum Gasteiger partial charge on any atom is -0.411 e. The van der Waals surface area contributed by atoms with Crippen molar-refractivity contribution in [3.8, 4) is 0 Å². The number of halogens is 2. The number of aliphatic imine (C=N–C) groups is 1. The Balaban J connectivity index is 1.58. The fourth-order valence-electron chi connectivity index (χ4n) is 2.87. The summed E-state index contributed by atoms with van der Waals surface area (Å²) in [5.41, 5.74) is 7.28. The maximum Gasteiger partial charge on any atom is 0.264 e. The second-order valence-electron chi connectivity index (χ2n) is 6.82. The van der Waals surface area contributed by atoms with Crippen LogP contribution >= 0.6 is 15.9 Å². The van der Waals surface area contributed by atoms with Crippen molar-refractivity contribution in [2.75, 3.05) is 6.54 Å². The third-order valence-corrected chi connectivity index (χ3v) is 6.43. The summed E-state index contributed by atoms with van der Waals surface area (Å²) in [5.74, 6) is -0.646. The highest BCUT2D eigenvalue weighted by Crippen LogP contribution is 2.19. The fraction of sp³-hybridized carbons (Fsp3) is 0.200. The van der Waals surface area contributed by atoms with Gasteiger partial charge in [0.2, 0.25) is 5.96 Å². The van der Waals surface area contributed by atoms with Gasteiger partial charge >= 0.3 is 0 Å². The number of sulfonamides is 1. The molecule has 3 aromatic rings. The lowest BCUT2D eigenvalue weighted by Gasteiger charge is -2.07. The highest BCUT2D eigenvalue weighted by Gasteiger charge is 2.18. The van der Waals surface area contributed by atoms with E-state index in [4.69, 9.17) is 10.4 Å². The lowest BCUT2D eigenvalue weighted by molar-refractivity contribution is 0.300. The van der Waals surface area contributed by atoms with Gasteiger partial charge < -0.3 is 10.9 Å². The van der Waals surface area contributed by atoms with Crippen molar-refractivity contribution in [2.45, 2.75) is 24.2 Å². The molecule has 0 saturated heterocycles. The van der Waals surface area contributed by atoms with Crippen LogP contribution < -0.4 is 10.5 Å². The summed E-state index contributed by atoms with van der Waals surface area (Å²) in [6, 6.07) is 12.2. The quantitative estimate of drug-likeness (QED) is 0.124. The lowest BCUT2D eigenvalue weighted by atomic mass is 10.0. The molecule has 0 fully saturated rings. The number of benzene rings is 2. The normalized spacial score (nSPS) is 12.7. The van der Waals surface area contributed by atoms with Crippen LogP contribution in [0, 0.1) is 5.82 Å². The first-order valence-electron chi connectivity index (χ1n) is 9.64. The molecule has 0 saturated carbocycles. The number of aryl methyl sites for hydroxylation is 1. The van der Waals surface area contributed by atoms with E-state index in [2.05, 4.69) is 41.1 Å². The van der Waals surface area contributed by atoms with E-state index in [0.29, 0.717) is 24.1 Å². The van der Waals surface area contributed by atoms with Crippen molar-refractivity contribution in [2.24, 2.45) is 15.9 Å². The number of hydrogen-bond donors (Lipinski definition) is 3. The van der Waals surface area contributed by atoms with Crippen LogP contribution in [0.1, 0.15) is 23.4 Å². The largest absolute Gasteiger partial charge is 0.411 e. The van der Waals surface area contributed by atoms with Crippen LogP contribution in [-0.2, 0) is 22.9 Å². The molecule has 1 heterocycles. The third kappa shape index (κ3) is 6.58. The van der Waals surface area contributed by atoms with E-state index in [1.54, 1.807) is 30.3 Å². The van der Waals surface area contributed by atoms with Gasteiger partial charge in [0.05, 0.1) is 9.37 Å². The van der Waals surface area contributed by atoms with E-state index in [-0.39, 0.29) is 39.7 Å². The summed E-state index contributed by atoms with van der Waals surface area (Å²) in [6.45, 7) is 0.200. The Labute approximate surface area is 197 Å². The number of guanidine groups is 1. The minimum absolute atomic E-state index is 0.0745. The molecule has 0 radical (unpaired) electrons. The van der Waals surface area contributed by atoms with Gasteiger partial charge in [-0.15, -0.1) is 0 Å². The average Bonchev–Trinajstić information content (AvgIpc) is 3.26. The Morgan fingerprint density at radius 3 is 2.67 bits per heavy atom. The molecule has 0 bridgehead atoms. The summed E-state index contributed by atoms with van der Waals surface area (Å²) in [6.07, 6.45) is 0.964. The zero-order chi connectivity index (χ0) is 23.8. The number of nitrogens with one attached hydrogen (secondary N) is 1. The maximum absolute atomic E-state index is 13.4. The lowest BCUT2D eigenvalue weighted by Crippen LogP contribution is -2.36. The second-order valence-corrected chi connectivity index (χ2v) is 9.36. The molecule has 0 aliphatic rings. The van der Waals surface area contributed by atoms with Gasteiger partial charge in [-0.2, -0.15) is 0 Å². The van der Waals surface area contributed by atoms with Gasteiger partial charge in [-0.05, 0) is 63.8 Å². The molecule has 4 N–H and O–H groups in total. The zero-order valence-electron chi connectivity index (χ0n) is 17.1. The van der Waals surface area contributed by atoms with Gasteiger partial charge in [0, 0.05) is 13.0 Å². The smallest absolute Gasteiger partial charge is 0.264 e. The summed E-state index contributed by atoms with van der Waals surface area (Å²) in [7, 11) is -3.81. The monoisotopic (exact) mass is 538 g/mol. The number of nitrogens with two attached hydrogens (primary N) is 1. The number of oxime groups is 1. The Morgan fingerprint density at radius 1 is 1.21 bits per heavy atom. The number of hydrogen-bond acceptors (Lipinski definition) is 8. The van der Waals surface area contributed by atoms with Gasteiger partial charge in [0.1, 0.15) is 17.2 Å². The van der Waals surface area contributed by atoms with E-state index in [0.717, 1.165) is 0 Å². The highest BCUT2D eigenvalue weighted by atomic mass is 79.9. The second kappa shape index (κ2) is 11.0. The maximum atomic E-state index is 13.4. The van der Waals surface area contributed by atoms with Crippen LogP contribution in [-0.4, -0.2) is 42.2 Å². The minimum atomic E-state index is -3.81. The highest BCUT2D eigenvalue weighted by molar-refractivity contribution is 9.10. The molecular weight excluding hydrogens is 519 g/mol. The van der Waals surface area contributed by atoms with Crippen molar-refractivity contribution in [3.63, 3.8) is 0 Å². The number of rotatable bonds is 9. The molecule has 33 heavy (non-hydrogen) atoms. The first-order valence-corrected chi connectivity index (χ1v) is 11.9. The van der Waals surface area contributed by atoms with E-state index < -0.39 is 15.8 Å². The standard InChI is InChI=1S/C20H20BrFN6O4S/c21-15-11-13(8-9-16(15)22)12-18(25-29)19-17(26-32-27-19)7-4-10-24-20(23)28-33(30,31)14-5-2-1-3-6-14/h1-3,5-6,8-9,11,29H,4,7,10,12H2,(H3,23,24,28)/b25-18+. The Kier molecular flexibility index (Phi) is 8.11. The van der Waals surface area contributed by atoms with Gasteiger partial charge in [-0.1, -0.05) is 34.6 Å².